The Morgan fingerprint density at radius 3 is 2.15 bits per heavy atom. The van der Waals surface area contributed by atoms with Crippen LogP contribution in [0.1, 0.15) is 27.8 Å². The highest BCUT2D eigenvalue weighted by molar-refractivity contribution is 9.10. The predicted molar refractivity (Wildman–Crippen MR) is 139 cm³/mol. The van der Waals surface area contributed by atoms with Crippen LogP contribution in [0, 0.1) is 20.8 Å². The van der Waals surface area contributed by atoms with Gasteiger partial charge in [-0.05, 0) is 55.2 Å². The van der Waals surface area contributed by atoms with E-state index >= 15 is 0 Å². The lowest BCUT2D eigenvalue weighted by Gasteiger charge is -2.31. The second kappa shape index (κ2) is 11.8. The summed E-state index contributed by atoms with van der Waals surface area (Å²) in [5, 5.41) is 2.73. The van der Waals surface area contributed by atoms with Crippen LogP contribution in [-0.2, 0) is 22.6 Å². The summed E-state index contributed by atoms with van der Waals surface area (Å²) in [5.41, 5.74) is 5.14. The van der Waals surface area contributed by atoms with Crippen molar-refractivity contribution in [1.82, 2.24) is 10.2 Å². The fraction of sp³-hybridized carbons (Fsp3) is 0.286. The largest absolute Gasteiger partial charge is 0.484 e. The Bertz CT molecular complexity index is 1110. The van der Waals surface area contributed by atoms with E-state index in [-0.39, 0.29) is 18.4 Å². The van der Waals surface area contributed by atoms with Gasteiger partial charge in [-0.2, -0.15) is 0 Å². The number of hydrogen-bond acceptors (Lipinski definition) is 3. The van der Waals surface area contributed by atoms with Crippen LogP contribution in [0.4, 0.5) is 0 Å². The van der Waals surface area contributed by atoms with E-state index in [1.54, 1.807) is 11.9 Å². The van der Waals surface area contributed by atoms with Crippen LogP contribution < -0.4 is 10.1 Å². The maximum absolute atomic E-state index is 13.5. The summed E-state index contributed by atoms with van der Waals surface area (Å²) in [6.07, 6.45) is 0.411. The predicted octanol–water partition coefficient (Wildman–Crippen LogP) is 5.14. The third-order valence-electron chi connectivity index (χ3n) is 5.76. The third-order valence-corrected chi connectivity index (χ3v) is 7.01. The van der Waals surface area contributed by atoms with E-state index < -0.39 is 6.04 Å². The van der Waals surface area contributed by atoms with Crippen molar-refractivity contribution in [3.05, 3.63) is 99.0 Å². The van der Waals surface area contributed by atoms with Crippen molar-refractivity contribution in [3.63, 3.8) is 0 Å². The highest BCUT2D eigenvalue weighted by atomic mass is 79.9. The SMILES string of the molecule is CNC(=O)[C@@H](Cc1ccccc1)N(Cc1ccc(C)cc1)C(=O)COc1cc(C)c(Br)c(C)c1. The maximum Gasteiger partial charge on any atom is 0.261 e. The Morgan fingerprint density at radius 2 is 1.56 bits per heavy atom. The van der Waals surface area contributed by atoms with E-state index in [1.807, 2.05) is 87.5 Å². The zero-order valence-corrected chi connectivity index (χ0v) is 21.7. The summed E-state index contributed by atoms with van der Waals surface area (Å²) in [6.45, 7) is 6.14. The van der Waals surface area contributed by atoms with E-state index in [9.17, 15) is 9.59 Å². The van der Waals surface area contributed by atoms with Gasteiger partial charge in [-0.25, -0.2) is 0 Å². The van der Waals surface area contributed by atoms with Crippen LogP contribution in [-0.4, -0.2) is 36.4 Å². The van der Waals surface area contributed by atoms with E-state index in [0.717, 1.165) is 32.3 Å². The van der Waals surface area contributed by atoms with Crippen molar-refractivity contribution in [2.75, 3.05) is 13.7 Å². The van der Waals surface area contributed by atoms with E-state index in [2.05, 4.69) is 21.2 Å². The summed E-state index contributed by atoms with van der Waals surface area (Å²) in [5.74, 6) is 0.171. The molecule has 0 aromatic heterocycles. The minimum absolute atomic E-state index is 0.158. The summed E-state index contributed by atoms with van der Waals surface area (Å²) < 4.78 is 6.92. The van der Waals surface area contributed by atoms with E-state index in [0.29, 0.717) is 18.7 Å². The molecule has 1 atom stereocenters. The topological polar surface area (TPSA) is 58.6 Å². The highest BCUT2D eigenvalue weighted by Crippen LogP contribution is 2.26. The highest BCUT2D eigenvalue weighted by Gasteiger charge is 2.30. The number of aryl methyl sites for hydroxylation is 3. The monoisotopic (exact) mass is 522 g/mol. The van der Waals surface area contributed by atoms with Crippen molar-refractivity contribution in [1.29, 1.82) is 0 Å². The van der Waals surface area contributed by atoms with Gasteiger partial charge in [0.15, 0.2) is 6.61 Å². The number of halogens is 1. The van der Waals surface area contributed by atoms with Crippen LogP contribution in [0.15, 0.2) is 71.2 Å². The number of amides is 2. The van der Waals surface area contributed by atoms with Gasteiger partial charge in [0.1, 0.15) is 11.8 Å². The fourth-order valence-electron chi connectivity index (χ4n) is 3.83. The number of hydrogen-bond donors (Lipinski definition) is 1. The summed E-state index contributed by atoms with van der Waals surface area (Å²) in [6, 6.07) is 20.9. The minimum atomic E-state index is -0.668. The number of ether oxygens (including phenoxy) is 1. The van der Waals surface area contributed by atoms with Crippen molar-refractivity contribution in [2.24, 2.45) is 0 Å². The van der Waals surface area contributed by atoms with Gasteiger partial charge in [0.05, 0.1) is 0 Å². The standard InChI is InChI=1S/C28H31BrN2O3/c1-19-10-12-23(13-11-19)17-31(25(28(33)30-4)16-22-8-6-5-7-9-22)26(32)18-34-24-14-20(2)27(29)21(3)15-24/h5-15,25H,16-18H2,1-4H3,(H,30,33)/t25-/m1/s1. The Kier molecular flexibility index (Phi) is 8.88. The molecule has 2 amide bonds. The zero-order valence-electron chi connectivity index (χ0n) is 20.1. The molecule has 0 heterocycles. The molecule has 0 aliphatic heterocycles. The molecule has 0 saturated carbocycles. The molecule has 0 aliphatic carbocycles. The number of nitrogens with one attached hydrogen (secondary N) is 1. The first-order chi connectivity index (χ1) is 16.3. The average molecular weight is 523 g/mol. The molecule has 1 N–H and O–H groups in total. The molecule has 0 aliphatic rings. The molecule has 6 heteroatoms. The lowest BCUT2D eigenvalue weighted by atomic mass is 10.0. The molecule has 0 fully saturated rings. The van der Waals surface area contributed by atoms with Crippen molar-refractivity contribution >= 4 is 27.7 Å². The Morgan fingerprint density at radius 1 is 0.941 bits per heavy atom. The van der Waals surface area contributed by atoms with Gasteiger partial charge in [0, 0.05) is 24.5 Å². The Hall–Kier alpha value is -3.12. The molecule has 0 spiro atoms. The molecule has 0 unspecified atom stereocenters. The smallest absolute Gasteiger partial charge is 0.261 e. The molecule has 3 aromatic carbocycles. The molecule has 0 saturated heterocycles. The summed E-state index contributed by atoms with van der Waals surface area (Å²) in [7, 11) is 1.60. The van der Waals surface area contributed by atoms with Gasteiger partial charge in [-0.15, -0.1) is 0 Å². The number of nitrogens with zero attached hydrogens (tertiary/aromatic N) is 1. The lowest BCUT2D eigenvalue weighted by molar-refractivity contribution is -0.142. The van der Waals surface area contributed by atoms with Gasteiger partial charge in [0.25, 0.3) is 5.91 Å². The number of carbonyl (C=O) groups is 2. The van der Waals surface area contributed by atoms with Gasteiger partial charge >= 0.3 is 0 Å². The zero-order chi connectivity index (χ0) is 24.7. The lowest BCUT2D eigenvalue weighted by Crippen LogP contribution is -2.51. The molecule has 3 rings (SSSR count). The van der Waals surface area contributed by atoms with Crippen LogP contribution in [0.25, 0.3) is 0 Å². The van der Waals surface area contributed by atoms with E-state index in [1.165, 1.54) is 0 Å². The normalized spacial score (nSPS) is 11.6. The van der Waals surface area contributed by atoms with E-state index in [4.69, 9.17) is 4.74 Å². The summed E-state index contributed by atoms with van der Waals surface area (Å²) >= 11 is 3.56. The second-order valence-corrected chi connectivity index (χ2v) is 9.28. The molecule has 3 aromatic rings. The van der Waals surface area contributed by atoms with Gasteiger partial charge < -0.3 is 15.0 Å². The quantitative estimate of drug-likeness (QED) is 0.423. The molecule has 5 nitrogen and oxygen atoms in total. The van der Waals surface area contributed by atoms with Crippen LogP contribution in [0.5, 0.6) is 5.75 Å². The van der Waals surface area contributed by atoms with Gasteiger partial charge in [-0.3, -0.25) is 9.59 Å². The summed E-state index contributed by atoms with van der Waals surface area (Å²) in [4.78, 5) is 28.1. The molecular formula is C28H31BrN2O3. The number of carbonyl (C=O) groups excluding carboxylic acids is 2. The first-order valence-corrected chi connectivity index (χ1v) is 12.1. The Labute approximate surface area is 210 Å². The number of benzene rings is 3. The minimum Gasteiger partial charge on any atom is -0.484 e. The molecule has 0 bridgehead atoms. The van der Waals surface area contributed by atoms with Crippen molar-refractivity contribution in [2.45, 2.75) is 39.8 Å². The van der Waals surface area contributed by atoms with Crippen LogP contribution in [0.2, 0.25) is 0 Å². The van der Waals surface area contributed by atoms with Gasteiger partial charge in [0.2, 0.25) is 5.91 Å². The maximum atomic E-state index is 13.5. The average Bonchev–Trinajstić information content (AvgIpc) is 2.84. The van der Waals surface area contributed by atoms with Crippen molar-refractivity contribution < 1.29 is 14.3 Å². The van der Waals surface area contributed by atoms with Gasteiger partial charge in [-0.1, -0.05) is 76.1 Å². The third kappa shape index (κ3) is 6.70. The fourth-order valence-corrected chi connectivity index (χ4v) is 4.06. The van der Waals surface area contributed by atoms with Crippen LogP contribution in [0.3, 0.4) is 0 Å². The first-order valence-electron chi connectivity index (χ1n) is 11.3. The van der Waals surface area contributed by atoms with Crippen LogP contribution >= 0.6 is 15.9 Å². The second-order valence-electron chi connectivity index (χ2n) is 8.49. The Balaban J connectivity index is 1.88. The van der Waals surface area contributed by atoms with Crippen molar-refractivity contribution in [3.8, 4) is 5.75 Å². The number of rotatable bonds is 9. The molecule has 0 radical (unpaired) electrons. The molecular weight excluding hydrogens is 492 g/mol. The molecule has 34 heavy (non-hydrogen) atoms. The molecule has 178 valence electrons. The number of likely N-dealkylation sites (N-methyl/N-ethyl adjacent to an activating group) is 1. The first kappa shape index (κ1) is 25.5.